The maximum Gasteiger partial charge on any atom is 0.350 e. The van der Waals surface area contributed by atoms with Crippen LogP contribution in [0.15, 0.2) is 36.4 Å². The number of rotatable bonds is 10. The Kier molecular flexibility index (Phi) is 9.40. The number of likely N-dealkylation sites (N-methyl/N-ethyl adjacent to an activating group) is 1. The number of hydrogen-bond donors (Lipinski definition) is 1. The molecule has 0 unspecified atom stereocenters. The molecule has 0 saturated heterocycles. The Morgan fingerprint density at radius 1 is 0.950 bits per heavy atom. The molecule has 1 N–H and O–H groups in total. The van der Waals surface area contributed by atoms with Crippen molar-refractivity contribution in [2.45, 2.75) is 86.6 Å². The van der Waals surface area contributed by atoms with E-state index in [0.29, 0.717) is 18.8 Å². The number of ether oxygens (including phenoxy) is 2. The average Bonchev–Trinajstić information content (AvgIpc) is 3.20. The first-order valence-electron chi connectivity index (χ1n) is 13.5. The molecule has 1 aromatic heterocycles. The summed E-state index contributed by atoms with van der Waals surface area (Å²) in [7, 11) is 1.63. The van der Waals surface area contributed by atoms with Crippen LogP contribution in [0.2, 0.25) is 0 Å². The zero-order valence-electron chi connectivity index (χ0n) is 25.5. The van der Waals surface area contributed by atoms with Crippen molar-refractivity contribution in [1.82, 2.24) is 25.2 Å². The molecule has 2 aromatic carbocycles. The summed E-state index contributed by atoms with van der Waals surface area (Å²) in [6.07, 6.45) is 0. The quantitative estimate of drug-likeness (QED) is 0.365. The summed E-state index contributed by atoms with van der Waals surface area (Å²) in [6, 6.07) is 12.1. The lowest BCUT2D eigenvalue weighted by Crippen LogP contribution is -2.43. The minimum atomic E-state index is -1.16. The molecule has 1 amide bonds. The molecule has 0 atom stereocenters. The van der Waals surface area contributed by atoms with Crippen LogP contribution in [0.5, 0.6) is 5.75 Å². The number of carbonyl (C=O) groups excluding carboxylic acids is 2. The molecule has 3 aromatic rings. The predicted octanol–water partition coefficient (Wildman–Crippen LogP) is 4.75. The molecule has 1 heterocycles. The van der Waals surface area contributed by atoms with Crippen molar-refractivity contribution < 1.29 is 19.1 Å². The minimum Gasteiger partial charge on any atom is -0.476 e. The van der Waals surface area contributed by atoms with E-state index in [1.165, 1.54) is 0 Å². The van der Waals surface area contributed by atoms with Gasteiger partial charge in [-0.15, -0.1) is 0 Å². The standard InChI is InChI=1S/C31H43N5O4/c1-20-12-11-13-25(14-20)36-33-23(4)26(34-36)18-35(19-27(37)32-10)17-24-15-21(2)28(22(3)16-24)39-31(8,9)29(38)40-30(5,6)7/h11-16H,17-19H2,1-10H3,(H,32,37). The van der Waals surface area contributed by atoms with E-state index in [1.54, 1.807) is 25.7 Å². The van der Waals surface area contributed by atoms with Gasteiger partial charge in [-0.25, -0.2) is 4.79 Å². The fraction of sp³-hybridized carbons (Fsp3) is 0.484. The molecular formula is C31H43N5O4. The summed E-state index contributed by atoms with van der Waals surface area (Å²) >= 11 is 0. The normalized spacial score (nSPS) is 12.0. The van der Waals surface area contributed by atoms with Crippen LogP contribution in [-0.2, 0) is 27.4 Å². The maximum atomic E-state index is 12.8. The second kappa shape index (κ2) is 12.2. The fourth-order valence-corrected chi connectivity index (χ4v) is 4.33. The monoisotopic (exact) mass is 549 g/mol. The van der Waals surface area contributed by atoms with E-state index in [1.807, 2.05) is 89.8 Å². The number of aromatic nitrogens is 3. The van der Waals surface area contributed by atoms with Gasteiger partial charge in [-0.2, -0.15) is 15.0 Å². The number of nitrogens with zero attached hydrogens (tertiary/aromatic N) is 4. The number of benzene rings is 2. The van der Waals surface area contributed by atoms with E-state index in [0.717, 1.165) is 39.3 Å². The van der Waals surface area contributed by atoms with Crippen LogP contribution >= 0.6 is 0 Å². The van der Waals surface area contributed by atoms with Crippen LogP contribution in [-0.4, -0.2) is 56.6 Å². The van der Waals surface area contributed by atoms with Crippen LogP contribution in [0.25, 0.3) is 5.69 Å². The first-order chi connectivity index (χ1) is 18.6. The molecule has 40 heavy (non-hydrogen) atoms. The minimum absolute atomic E-state index is 0.0868. The Hall–Kier alpha value is -3.72. The smallest absolute Gasteiger partial charge is 0.350 e. The number of nitrogens with one attached hydrogen (secondary N) is 1. The van der Waals surface area contributed by atoms with Crippen LogP contribution in [0.4, 0.5) is 0 Å². The highest BCUT2D eigenvalue weighted by Crippen LogP contribution is 2.30. The summed E-state index contributed by atoms with van der Waals surface area (Å²) in [4.78, 5) is 28.8. The van der Waals surface area contributed by atoms with Gasteiger partial charge < -0.3 is 14.8 Å². The van der Waals surface area contributed by atoms with E-state index in [-0.39, 0.29) is 12.5 Å². The van der Waals surface area contributed by atoms with Crippen molar-refractivity contribution >= 4 is 11.9 Å². The molecule has 216 valence electrons. The molecule has 0 radical (unpaired) electrons. The van der Waals surface area contributed by atoms with Crippen LogP contribution in [0.3, 0.4) is 0 Å². The van der Waals surface area contributed by atoms with Gasteiger partial charge in [0.25, 0.3) is 0 Å². The third kappa shape index (κ3) is 8.14. The van der Waals surface area contributed by atoms with Crippen molar-refractivity contribution in [2.24, 2.45) is 0 Å². The summed E-state index contributed by atoms with van der Waals surface area (Å²) < 4.78 is 11.8. The molecule has 0 aliphatic heterocycles. The Balaban J connectivity index is 1.83. The topological polar surface area (TPSA) is 98.6 Å². The number of esters is 1. The molecule has 9 heteroatoms. The Morgan fingerprint density at radius 2 is 1.60 bits per heavy atom. The van der Waals surface area contributed by atoms with E-state index < -0.39 is 17.2 Å². The second-order valence-electron chi connectivity index (χ2n) is 11.9. The SMILES string of the molecule is CNC(=O)CN(Cc1cc(C)c(OC(C)(C)C(=O)OC(C)(C)C)c(C)c1)Cc1nn(-c2cccc(C)c2)nc1C. The number of carbonyl (C=O) groups is 2. The summed E-state index contributed by atoms with van der Waals surface area (Å²) in [5.74, 6) is 0.138. The van der Waals surface area contributed by atoms with Gasteiger partial charge >= 0.3 is 5.97 Å². The van der Waals surface area contributed by atoms with Crippen LogP contribution in [0.1, 0.15) is 68.3 Å². The lowest BCUT2D eigenvalue weighted by Gasteiger charge is -2.30. The molecule has 0 spiro atoms. The zero-order chi connectivity index (χ0) is 29.8. The second-order valence-corrected chi connectivity index (χ2v) is 11.9. The summed E-state index contributed by atoms with van der Waals surface area (Å²) in [5, 5.41) is 12.1. The molecule has 9 nitrogen and oxygen atoms in total. The predicted molar refractivity (Wildman–Crippen MR) is 155 cm³/mol. The molecule has 0 saturated carbocycles. The average molecular weight is 550 g/mol. The van der Waals surface area contributed by atoms with E-state index in [2.05, 4.69) is 10.4 Å². The van der Waals surface area contributed by atoms with Crippen LogP contribution in [0, 0.1) is 27.7 Å². The molecular weight excluding hydrogens is 506 g/mol. The van der Waals surface area contributed by atoms with E-state index >= 15 is 0 Å². The van der Waals surface area contributed by atoms with Crippen LogP contribution < -0.4 is 10.1 Å². The number of aryl methyl sites for hydroxylation is 4. The van der Waals surface area contributed by atoms with Gasteiger partial charge in [0.2, 0.25) is 5.91 Å². The van der Waals surface area contributed by atoms with E-state index in [9.17, 15) is 9.59 Å². The van der Waals surface area contributed by atoms with Gasteiger partial charge in [-0.1, -0.05) is 24.3 Å². The lowest BCUT2D eigenvalue weighted by molar-refractivity contribution is -0.171. The van der Waals surface area contributed by atoms with Gasteiger partial charge in [0.05, 0.1) is 17.9 Å². The fourth-order valence-electron chi connectivity index (χ4n) is 4.33. The third-order valence-electron chi connectivity index (χ3n) is 6.30. The highest BCUT2D eigenvalue weighted by atomic mass is 16.6. The first kappa shape index (κ1) is 30.8. The first-order valence-corrected chi connectivity index (χ1v) is 13.5. The van der Waals surface area contributed by atoms with Gasteiger partial charge in [0, 0.05) is 20.1 Å². The van der Waals surface area contributed by atoms with Gasteiger partial charge in [0.1, 0.15) is 17.0 Å². The molecule has 0 bridgehead atoms. The van der Waals surface area contributed by atoms with E-state index in [4.69, 9.17) is 14.6 Å². The molecule has 3 rings (SSSR count). The largest absolute Gasteiger partial charge is 0.476 e. The Morgan fingerprint density at radius 3 is 2.17 bits per heavy atom. The molecule has 0 aliphatic carbocycles. The third-order valence-corrected chi connectivity index (χ3v) is 6.30. The van der Waals surface area contributed by atoms with Gasteiger partial charge in [-0.05, 0) is 96.7 Å². The highest BCUT2D eigenvalue weighted by Gasteiger charge is 2.35. The number of hydrogen-bond acceptors (Lipinski definition) is 7. The zero-order valence-corrected chi connectivity index (χ0v) is 25.5. The van der Waals surface area contributed by atoms with Crippen molar-refractivity contribution in [3.63, 3.8) is 0 Å². The van der Waals surface area contributed by atoms with Crippen molar-refractivity contribution in [1.29, 1.82) is 0 Å². The maximum absolute atomic E-state index is 12.8. The summed E-state index contributed by atoms with van der Waals surface area (Å²) in [6.45, 7) is 18.0. The number of amides is 1. The Bertz CT molecular complexity index is 1350. The van der Waals surface area contributed by atoms with Gasteiger partial charge in [0.15, 0.2) is 5.60 Å². The van der Waals surface area contributed by atoms with Gasteiger partial charge in [-0.3, -0.25) is 9.69 Å². The molecule has 0 aliphatic rings. The Labute approximate surface area is 237 Å². The highest BCUT2D eigenvalue weighted by molar-refractivity contribution is 5.79. The lowest BCUT2D eigenvalue weighted by atomic mass is 10.0. The molecule has 0 fully saturated rings. The van der Waals surface area contributed by atoms with Crippen molar-refractivity contribution in [3.05, 3.63) is 70.0 Å². The van der Waals surface area contributed by atoms with Crippen molar-refractivity contribution in [3.8, 4) is 11.4 Å². The van der Waals surface area contributed by atoms with Crippen molar-refractivity contribution in [2.75, 3.05) is 13.6 Å². The summed E-state index contributed by atoms with van der Waals surface area (Å²) in [5.41, 5.74) is 4.68.